The highest BCUT2D eigenvalue weighted by atomic mass is 35.5. The Balaban J connectivity index is 1.52. The number of piperazine rings is 1. The second kappa shape index (κ2) is 7.21. The van der Waals surface area contributed by atoms with E-state index in [2.05, 4.69) is 10.2 Å². The third kappa shape index (κ3) is 4.43. The Morgan fingerprint density at radius 3 is 2.48 bits per heavy atom. The van der Waals surface area contributed by atoms with Crippen molar-refractivity contribution in [1.29, 1.82) is 0 Å². The van der Waals surface area contributed by atoms with E-state index in [9.17, 15) is 18.0 Å². The van der Waals surface area contributed by atoms with E-state index >= 15 is 0 Å². The smallest absolute Gasteiger partial charge is 0.312 e. The van der Waals surface area contributed by atoms with Gasteiger partial charge in [0.15, 0.2) is 9.84 Å². The molecule has 7 nitrogen and oxygen atoms in total. The van der Waals surface area contributed by atoms with Crippen LogP contribution in [0.3, 0.4) is 0 Å². The summed E-state index contributed by atoms with van der Waals surface area (Å²) >= 11 is 6.00. The lowest BCUT2D eigenvalue weighted by atomic mass is 10.2. The summed E-state index contributed by atoms with van der Waals surface area (Å²) in [6.45, 7) is 2.08. The maximum absolute atomic E-state index is 12.3. The molecule has 1 aromatic carbocycles. The monoisotopic (exact) mass is 385 g/mol. The van der Waals surface area contributed by atoms with Gasteiger partial charge < -0.3 is 15.1 Å². The van der Waals surface area contributed by atoms with Gasteiger partial charge in [0.2, 0.25) is 0 Å². The number of nitrogens with one attached hydrogen (secondary N) is 1. The summed E-state index contributed by atoms with van der Waals surface area (Å²) < 4.78 is 22.9. The summed E-state index contributed by atoms with van der Waals surface area (Å²) in [6, 6.07) is 7.04. The molecule has 2 fully saturated rings. The second-order valence-electron chi connectivity index (χ2n) is 6.33. The van der Waals surface area contributed by atoms with E-state index in [4.69, 9.17) is 11.6 Å². The average Bonchev–Trinajstić information content (AvgIpc) is 2.93. The third-order valence-corrected chi connectivity index (χ3v) is 6.51. The Hall–Kier alpha value is -1.80. The molecule has 1 aromatic rings. The van der Waals surface area contributed by atoms with Crippen LogP contribution in [0.5, 0.6) is 0 Å². The highest BCUT2D eigenvalue weighted by molar-refractivity contribution is 7.91. The predicted octanol–water partition coefficient (Wildman–Crippen LogP) is 0.292. The first-order valence-corrected chi connectivity index (χ1v) is 10.3. The molecule has 2 heterocycles. The Bertz CT molecular complexity index is 775. The summed E-state index contributed by atoms with van der Waals surface area (Å²) in [4.78, 5) is 28.0. The van der Waals surface area contributed by atoms with Gasteiger partial charge in [0.1, 0.15) is 0 Å². The SMILES string of the molecule is O=C(NC1CCS(=O)(=O)C1)C(=O)N1CCN(c2cccc(Cl)c2)CC1. The van der Waals surface area contributed by atoms with Gasteiger partial charge in [-0.2, -0.15) is 0 Å². The van der Waals surface area contributed by atoms with Gasteiger partial charge >= 0.3 is 11.8 Å². The zero-order valence-corrected chi connectivity index (χ0v) is 15.2. The molecule has 1 N–H and O–H groups in total. The largest absolute Gasteiger partial charge is 0.368 e. The molecule has 2 aliphatic heterocycles. The number of carbonyl (C=O) groups excluding carboxylic acids is 2. The lowest BCUT2D eigenvalue weighted by Gasteiger charge is -2.35. The fourth-order valence-electron chi connectivity index (χ4n) is 3.14. The predicted molar refractivity (Wildman–Crippen MR) is 95.4 cm³/mol. The molecule has 0 spiro atoms. The number of amides is 2. The van der Waals surface area contributed by atoms with Crippen LogP contribution in [0.1, 0.15) is 6.42 Å². The molecule has 2 amide bonds. The summed E-state index contributed by atoms with van der Waals surface area (Å²) in [5, 5.41) is 3.20. The highest BCUT2D eigenvalue weighted by Gasteiger charge is 2.32. The number of anilines is 1. The van der Waals surface area contributed by atoms with E-state index in [1.54, 1.807) is 6.07 Å². The highest BCUT2D eigenvalue weighted by Crippen LogP contribution is 2.20. The van der Waals surface area contributed by atoms with Crippen LogP contribution in [0.2, 0.25) is 5.02 Å². The fraction of sp³-hybridized carbons (Fsp3) is 0.500. The first kappa shape index (κ1) is 18.0. The van der Waals surface area contributed by atoms with Crippen LogP contribution >= 0.6 is 11.6 Å². The normalized spacial score (nSPS) is 22.7. The number of carbonyl (C=O) groups is 2. The molecule has 0 aromatic heterocycles. The number of sulfone groups is 1. The fourth-order valence-corrected chi connectivity index (χ4v) is 5.00. The minimum absolute atomic E-state index is 0.0600. The molecule has 0 radical (unpaired) electrons. The molecule has 3 rings (SSSR count). The Kier molecular flexibility index (Phi) is 5.19. The number of benzene rings is 1. The molecule has 2 saturated heterocycles. The van der Waals surface area contributed by atoms with Crippen molar-refractivity contribution in [2.75, 3.05) is 42.6 Å². The van der Waals surface area contributed by atoms with E-state index in [-0.39, 0.29) is 11.5 Å². The van der Waals surface area contributed by atoms with Gasteiger partial charge in [0, 0.05) is 42.9 Å². The third-order valence-electron chi connectivity index (χ3n) is 4.50. The number of hydrogen-bond acceptors (Lipinski definition) is 5. The van der Waals surface area contributed by atoms with Gasteiger partial charge in [-0.3, -0.25) is 9.59 Å². The number of rotatable bonds is 2. The molecule has 0 aliphatic carbocycles. The van der Waals surface area contributed by atoms with Gasteiger partial charge in [-0.15, -0.1) is 0 Å². The van der Waals surface area contributed by atoms with Crippen LogP contribution in [0, 0.1) is 0 Å². The van der Waals surface area contributed by atoms with E-state index in [1.165, 1.54) is 4.90 Å². The topological polar surface area (TPSA) is 86.8 Å². The zero-order valence-electron chi connectivity index (χ0n) is 13.7. The quantitative estimate of drug-likeness (QED) is 0.739. The zero-order chi connectivity index (χ0) is 18.0. The van der Waals surface area contributed by atoms with Crippen LogP contribution in [0.15, 0.2) is 24.3 Å². The molecule has 1 atom stereocenters. The standard InChI is InChI=1S/C16H20ClN3O4S/c17-12-2-1-3-14(10-12)19-5-7-20(8-6-19)16(22)15(21)18-13-4-9-25(23,24)11-13/h1-3,10,13H,4-9,11H2,(H,18,21). The lowest BCUT2D eigenvalue weighted by molar-refractivity contribution is -0.146. The van der Waals surface area contributed by atoms with Crippen molar-refractivity contribution >= 4 is 38.9 Å². The van der Waals surface area contributed by atoms with E-state index < -0.39 is 27.7 Å². The number of halogens is 1. The van der Waals surface area contributed by atoms with Gasteiger partial charge in [0.25, 0.3) is 0 Å². The molecule has 1 unspecified atom stereocenters. The van der Waals surface area contributed by atoms with Crippen LogP contribution in [-0.4, -0.2) is 68.9 Å². The van der Waals surface area contributed by atoms with Crippen LogP contribution < -0.4 is 10.2 Å². The van der Waals surface area contributed by atoms with Crippen LogP contribution in [-0.2, 0) is 19.4 Å². The molecular formula is C16H20ClN3O4S. The van der Waals surface area contributed by atoms with Gasteiger partial charge in [-0.25, -0.2) is 8.42 Å². The van der Waals surface area contributed by atoms with Crippen molar-refractivity contribution in [3.8, 4) is 0 Å². The minimum atomic E-state index is -3.09. The molecule has 25 heavy (non-hydrogen) atoms. The average molecular weight is 386 g/mol. The summed E-state index contributed by atoms with van der Waals surface area (Å²) in [5.41, 5.74) is 0.986. The van der Waals surface area contributed by atoms with Crippen molar-refractivity contribution < 1.29 is 18.0 Å². The molecule has 2 aliphatic rings. The minimum Gasteiger partial charge on any atom is -0.368 e. The van der Waals surface area contributed by atoms with Crippen molar-refractivity contribution in [2.45, 2.75) is 12.5 Å². The van der Waals surface area contributed by atoms with Crippen molar-refractivity contribution in [3.05, 3.63) is 29.3 Å². The Morgan fingerprint density at radius 1 is 1.16 bits per heavy atom. The van der Waals surface area contributed by atoms with Crippen LogP contribution in [0.25, 0.3) is 0 Å². The Morgan fingerprint density at radius 2 is 1.88 bits per heavy atom. The van der Waals surface area contributed by atoms with E-state index in [0.29, 0.717) is 37.6 Å². The second-order valence-corrected chi connectivity index (χ2v) is 9.00. The maximum atomic E-state index is 12.3. The van der Waals surface area contributed by atoms with Gasteiger partial charge in [-0.05, 0) is 24.6 Å². The number of hydrogen-bond donors (Lipinski definition) is 1. The summed E-state index contributed by atoms with van der Waals surface area (Å²) in [5.74, 6) is -1.35. The molecule has 0 bridgehead atoms. The van der Waals surface area contributed by atoms with Gasteiger partial charge in [0.05, 0.1) is 11.5 Å². The number of nitrogens with zero attached hydrogens (tertiary/aromatic N) is 2. The molecular weight excluding hydrogens is 366 g/mol. The maximum Gasteiger partial charge on any atom is 0.312 e. The van der Waals surface area contributed by atoms with Gasteiger partial charge in [-0.1, -0.05) is 17.7 Å². The van der Waals surface area contributed by atoms with Crippen LogP contribution in [0.4, 0.5) is 5.69 Å². The first-order chi connectivity index (χ1) is 11.8. The molecule has 136 valence electrons. The van der Waals surface area contributed by atoms with Crippen molar-refractivity contribution in [2.24, 2.45) is 0 Å². The van der Waals surface area contributed by atoms with Crippen molar-refractivity contribution in [1.82, 2.24) is 10.2 Å². The first-order valence-electron chi connectivity index (χ1n) is 8.15. The van der Waals surface area contributed by atoms with E-state index in [0.717, 1.165) is 5.69 Å². The van der Waals surface area contributed by atoms with Crippen molar-refractivity contribution in [3.63, 3.8) is 0 Å². The molecule has 9 heteroatoms. The van der Waals surface area contributed by atoms with E-state index in [1.807, 2.05) is 18.2 Å². The molecule has 0 saturated carbocycles. The summed E-state index contributed by atoms with van der Waals surface area (Å²) in [6.07, 6.45) is 0.365. The summed E-state index contributed by atoms with van der Waals surface area (Å²) in [7, 11) is -3.09. The Labute approximate surface area is 151 Å². The lowest BCUT2D eigenvalue weighted by Crippen LogP contribution is -2.54.